The van der Waals surface area contributed by atoms with Crippen molar-refractivity contribution < 1.29 is 9.18 Å². The van der Waals surface area contributed by atoms with Crippen molar-refractivity contribution in [1.29, 1.82) is 0 Å². The van der Waals surface area contributed by atoms with Crippen molar-refractivity contribution in [1.82, 2.24) is 4.98 Å². The summed E-state index contributed by atoms with van der Waals surface area (Å²) in [7, 11) is 0. The zero-order valence-electron chi connectivity index (χ0n) is 11.0. The van der Waals surface area contributed by atoms with Crippen molar-refractivity contribution in [2.24, 2.45) is 0 Å². The Labute approximate surface area is 120 Å². The van der Waals surface area contributed by atoms with Crippen LogP contribution in [0, 0.1) is 5.82 Å². The molecule has 0 bridgehead atoms. The van der Waals surface area contributed by atoms with E-state index in [0.717, 1.165) is 5.39 Å². The molecule has 0 fully saturated rings. The second kappa shape index (κ2) is 5.20. The van der Waals surface area contributed by atoms with E-state index in [9.17, 15) is 9.18 Å². The summed E-state index contributed by atoms with van der Waals surface area (Å²) in [6.07, 6.45) is 1.62. The van der Waals surface area contributed by atoms with Crippen molar-refractivity contribution in [3.05, 3.63) is 66.1 Å². The smallest absolute Gasteiger partial charge is 0.257 e. The van der Waals surface area contributed by atoms with Gasteiger partial charge in [0, 0.05) is 11.6 Å². The number of anilines is 2. The number of para-hydroxylation sites is 1. The van der Waals surface area contributed by atoms with Gasteiger partial charge in [-0.15, -0.1) is 0 Å². The van der Waals surface area contributed by atoms with Crippen LogP contribution in [-0.4, -0.2) is 10.9 Å². The fourth-order valence-electron chi connectivity index (χ4n) is 2.11. The van der Waals surface area contributed by atoms with Gasteiger partial charge in [-0.2, -0.15) is 0 Å². The Balaban J connectivity index is 1.99. The van der Waals surface area contributed by atoms with Crippen LogP contribution in [0.5, 0.6) is 0 Å². The van der Waals surface area contributed by atoms with E-state index in [4.69, 9.17) is 5.73 Å². The summed E-state index contributed by atoms with van der Waals surface area (Å²) in [5.74, 6) is -0.841. The Morgan fingerprint density at radius 1 is 1.14 bits per heavy atom. The molecular weight excluding hydrogens is 269 g/mol. The highest BCUT2D eigenvalue weighted by atomic mass is 19.1. The second-order valence-corrected chi connectivity index (χ2v) is 4.57. The van der Waals surface area contributed by atoms with Crippen LogP contribution < -0.4 is 11.1 Å². The van der Waals surface area contributed by atoms with Gasteiger partial charge in [0.05, 0.1) is 22.5 Å². The van der Waals surface area contributed by atoms with E-state index in [2.05, 4.69) is 10.3 Å². The first kappa shape index (κ1) is 13.1. The third-order valence-electron chi connectivity index (χ3n) is 3.14. The Morgan fingerprint density at radius 3 is 2.81 bits per heavy atom. The molecule has 0 saturated carbocycles. The average molecular weight is 281 g/mol. The van der Waals surface area contributed by atoms with E-state index in [1.165, 1.54) is 18.2 Å². The van der Waals surface area contributed by atoms with Gasteiger partial charge in [-0.1, -0.05) is 18.2 Å². The van der Waals surface area contributed by atoms with Crippen LogP contribution in [0.2, 0.25) is 0 Å². The van der Waals surface area contributed by atoms with Crippen LogP contribution in [0.1, 0.15) is 10.4 Å². The van der Waals surface area contributed by atoms with Crippen molar-refractivity contribution in [3.8, 4) is 0 Å². The molecule has 0 saturated heterocycles. The molecule has 21 heavy (non-hydrogen) atoms. The molecule has 0 aliphatic rings. The number of nitrogens with two attached hydrogens (primary N) is 1. The summed E-state index contributed by atoms with van der Waals surface area (Å²) < 4.78 is 13.2. The lowest BCUT2D eigenvalue weighted by atomic mass is 10.1. The van der Waals surface area contributed by atoms with Gasteiger partial charge in [-0.3, -0.25) is 9.78 Å². The number of fused-ring (bicyclic) bond motifs is 1. The predicted molar refractivity (Wildman–Crippen MR) is 80.5 cm³/mol. The SMILES string of the molecule is Nc1ccc(F)cc1NC(=O)c1cccc2cccnc12. The Bertz CT molecular complexity index is 827. The normalized spacial score (nSPS) is 10.5. The second-order valence-electron chi connectivity index (χ2n) is 4.57. The fraction of sp³-hybridized carbons (Fsp3) is 0. The van der Waals surface area contributed by atoms with Crippen molar-refractivity contribution in [2.45, 2.75) is 0 Å². The molecule has 104 valence electrons. The van der Waals surface area contributed by atoms with Gasteiger partial charge in [0.1, 0.15) is 5.82 Å². The number of halogens is 1. The van der Waals surface area contributed by atoms with Crippen molar-refractivity contribution in [2.75, 3.05) is 11.1 Å². The first-order valence-electron chi connectivity index (χ1n) is 6.35. The topological polar surface area (TPSA) is 68.0 Å². The molecule has 0 aliphatic heterocycles. The predicted octanol–water partition coefficient (Wildman–Crippen LogP) is 3.21. The molecular formula is C16H12FN3O. The number of amides is 1. The molecule has 3 N–H and O–H groups in total. The molecule has 5 heteroatoms. The third-order valence-corrected chi connectivity index (χ3v) is 3.14. The molecule has 2 aromatic carbocycles. The van der Waals surface area contributed by atoms with Gasteiger partial charge in [-0.05, 0) is 30.3 Å². The molecule has 0 spiro atoms. The Kier molecular flexibility index (Phi) is 3.23. The lowest BCUT2D eigenvalue weighted by Crippen LogP contribution is -2.14. The van der Waals surface area contributed by atoms with Crippen LogP contribution in [-0.2, 0) is 0 Å². The molecule has 0 unspecified atom stereocenters. The molecule has 4 nitrogen and oxygen atoms in total. The summed E-state index contributed by atoms with van der Waals surface area (Å²) in [4.78, 5) is 16.6. The summed E-state index contributed by atoms with van der Waals surface area (Å²) in [5.41, 5.74) is 7.28. The van der Waals surface area contributed by atoms with E-state index in [1.54, 1.807) is 24.4 Å². The number of carbonyl (C=O) groups excluding carboxylic acids is 1. The molecule has 3 aromatic rings. The van der Waals surface area contributed by atoms with Crippen LogP contribution in [0.25, 0.3) is 10.9 Å². The van der Waals surface area contributed by atoms with Crippen LogP contribution >= 0.6 is 0 Å². The largest absolute Gasteiger partial charge is 0.397 e. The first-order valence-corrected chi connectivity index (χ1v) is 6.35. The maximum Gasteiger partial charge on any atom is 0.257 e. The van der Waals surface area contributed by atoms with E-state index in [1.807, 2.05) is 12.1 Å². The standard InChI is InChI=1S/C16H12FN3O/c17-11-6-7-13(18)14(9-11)20-16(21)12-5-1-3-10-4-2-8-19-15(10)12/h1-9H,18H2,(H,20,21). The molecule has 3 rings (SSSR count). The molecule has 0 radical (unpaired) electrons. The van der Waals surface area contributed by atoms with Gasteiger partial charge >= 0.3 is 0 Å². The molecule has 1 amide bonds. The number of carbonyl (C=O) groups is 1. The lowest BCUT2D eigenvalue weighted by molar-refractivity contribution is 0.102. The number of nitrogens with zero attached hydrogens (tertiary/aromatic N) is 1. The summed E-state index contributed by atoms with van der Waals surface area (Å²) in [5, 5.41) is 3.47. The quantitative estimate of drug-likeness (QED) is 0.709. The molecule has 0 aliphatic carbocycles. The van der Waals surface area contributed by atoms with Crippen LogP contribution in [0.3, 0.4) is 0 Å². The van der Waals surface area contributed by atoms with Crippen LogP contribution in [0.15, 0.2) is 54.7 Å². The Hall–Kier alpha value is -2.95. The first-order chi connectivity index (χ1) is 10.1. The number of hydrogen-bond donors (Lipinski definition) is 2. The van der Waals surface area contributed by atoms with Gasteiger partial charge in [-0.25, -0.2) is 4.39 Å². The minimum Gasteiger partial charge on any atom is -0.397 e. The monoisotopic (exact) mass is 281 g/mol. The highest BCUT2D eigenvalue weighted by Gasteiger charge is 2.12. The number of hydrogen-bond acceptors (Lipinski definition) is 3. The van der Waals surface area contributed by atoms with Gasteiger partial charge < -0.3 is 11.1 Å². The van der Waals surface area contributed by atoms with Crippen molar-refractivity contribution >= 4 is 28.2 Å². The van der Waals surface area contributed by atoms with E-state index in [0.29, 0.717) is 16.8 Å². The van der Waals surface area contributed by atoms with E-state index < -0.39 is 5.82 Å². The Morgan fingerprint density at radius 2 is 1.95 bits per heavy atom. The minimum atomic E-state index is -0.462. The zero-order valence-corrected chi connectivity index (χ0v) is 11.0. The number of nitrogens with one attached hydrogen (secondary N) is 1. The summed E-state index contributed by atoms with van der Waals surface area (Å²) >= 11 is 0. The highest BCUT2D eigenvalue weighted by Crippen LogP contribution is 2.22. The lowest BCUT2D eigenvalue weighted by Gasteiger charge is -2.09. The van der Waals surface area contributed by atoms with E-state index in [-0.39, 0.29) is 11.6 Å². The van der Waals surface area contributed by atoms with Crippen molar-refractivity contribution in [3.63, 3.8) is 0 Å². The number of nitrogen functional groups attached to an aromatic ring is 1. The maximum atomic E-state index is 13.2. The number of benzene rings is 2. The average Bonchev–Trinajstić information content (AvgIpc) is 2.50. The van der Waals surface area contributed by atoms with Gasteiger partial charge in [0.15, 0.2) is 0 Å². The summed E-state index contributed by atoms with van der Waals surface area (Å²) in [6.45, 7) is 0. The number of pyridine rings is 1. The minimum absolute atomic E-state index is 0.243. The number of rotatable bonds is 2. The van der Waals surface area contributed by atoms with Gasteiger partial charge in [0.2, 0.25) is 0 Å². The third kappa shape index (κ3) is 2.53. The number of aromatic nitrogens is 1. The molecule has 1 aromatic heterocycles. The molecule has 1 heterocycles. The fourth-order valence-corrected chi connectivity index (χ4v) is 2.11. The van der Waals surface area contributed by atoms with Gasteiger partial charge in [0.25, 0.3) is 5.91 Å². The highest BCUT2D eigenvalue weighted by molar-refractivity contribution is 6.12. The molecule has 0 atom stereocenters. The summed E-state index contributed by atoms with van der Waals surface area (Å²) in [6, 6.07) is 12.8. The van der Waals surface area contributed by atoms with E-state index >= 15 is 0 Å². The zero-order chi connectivity index (χ0) is 14.8. The van der Waals surface area contributed by atoms with Crippen LogP contribution in [0.4, 0.5) is 15.8 Å². The maximum absolute atomic E-state index is 13.2.